The second-order valence-electron chi connectivity index (χ2n) is 5.37. The predicted octanol–water partition coefficient (Wildman–Crippen LogP) is 4.63. The Bertz CT molecular complexity index is 976. The summed E-state index contributed by atoms with van der Waals surface area (Å²) in [4.78, 5) is 5.16. The van der Waals surface area contributed by atoms with E-state index >= 15 is 0 Å². The van der Waals surface area contributed by atoms with Gasteiger partial charge in [-0.15, -0.1) is 12.6 Å². The molecule has 124 valence electrons. The molecule has 0 aliphatic heterocycles. The van der Waals surface area contributed by atoms with Gasteiger partial charge in [0, 0.05) is 21.0 Å². The Morgan fingerprint density at radius 2 is 2.00 bits per heavy atom. The van der Waals surface area contributed by atoms with Crippen LogP contribution in [0, 0.1) is 13.8 Å². The van der Waals surface area contributed by atoms with Crippen LogP contribution in [0.5, 0.6) is 5.75 Å². The maximum Gasteiger partial charge on any atom is 0.155 e. The number of aromatic hydroxyl groups is 1. The molecular weight excluding hydrogens is 364 g/mol. The highest BCUT2D eigenvalue weighted by Gasteiger charge is 2.16. The molecule has 0 fully saturated rings. The van der Waals surface area contributed by atoms with Crippen molar-refractivity contribution in [1.29, 1.82) is 0 Å². The Hall–Kier alpha value is -1.76. The number of pyridine rings is 1. The van der Waals surface area contributed by atoms with E-state index in [4.69, 9.17) is 11.6 Å². The van der Waals surface area contributed by atoms with Crippen molar-refractivity contribution in [3.8, 4) is 5.75 Å². The van der Waals surface area contributed by atoms with E-state index in [1.54, 1.807) is 24.3 Å². The minimum atomic E-state index is -1.56. The van der Waals surface area contributed by atoms with Crippen LogP contribution in [0.4, 0.5) is 5.69 Å². The number of phenols is 1. The predicted molar refractivity (Wildman–Crippen MR) is 102 cm³/mol. The molecule has 24 heavy (non-hydrogen) atoms. The van der Waals surface area contributed by atoms with E-state index in [2.05, 4.69) is 22.3 Å². The summed E-state index contributed by atoms with van der Waals surface area (Å²) in [6.07, 6.45) is 0. The number of hydrogen-bond donors (Lipinski definition) is 3. The highest BCUT2D eigenvalue weighted by molar-refractivity contribution is 7.86. The van der Waals surface area contributed by atoms with Crippen molar-refractivity contribution in [3.05, 3.63) is 52.7 Å². The van der Waals surface area contributed by atoms with Gasteiger partial charge >= 0.3 is 0 Å². The van der Waals surface area contributed by atoms with E-state index in [0.717, 1.165) is 11.3 Å². The van der Waals surface area contributed by atoms with Crippen LogP contribution in [0.25, 0.3) is 10.9 Å². The van der Waals surface area contributed by atoms with Crippen LogP contribution in [-0.4, -0.2) is 14.3 Å². The number of hydrogen-bond acceptors (Lipinski definition) is 4. The van der Waals surface area contributed by atoms with E-state index < -0.39 is 11.0 Å². The number of thiol groups is 1. The maximum absolute atomic E-state index is 12.9. The van der Waals surface area contributed by atoms with Gasteiger partial charge in [0.25, 0.3) is 0 Å². The third-order valence-electron chi connectivity index (χ3n) is 3.70. The second-order valence-corrected chi connectivity index (χ2v) is 7.44. The van der Waals surface area contributed by atoms with Gasteiger partial charge in [-0.2, -0.15) is 0 Å². The van der Waals surface area contributed by atoms with Gasteiger partial charge in [0.1, 0.15) is 5.52 Å². The minimum Gasteiger partial charge on any atom is -0.505 e. The molecule has 0 aliphatic carbocycles. The topological polar surface area (TPSA) is 62.2 Å². The molecular formula is C17H15ClN2O2S2. The van der Waals surface area contributed by atoms with E-state index in [9.17, 15) is 9.32 Å². The third kappa shape index (κ3) is 3.09. The Morgan fingerprint density at radius 3 is 2.75 bits per heavy atom. The van der Waals surface area contributed by atoms with Crippen molar-refractivity contribution in [2.75, 3.05) is 4.72 Å². The molecule has 0 amide bonds. The zero-order valence-electron chi connectivity index (χ0n) is 13.0. The molecule has 3 aromatic rings. The molecule has 0 spiro atoms. The summed E-state index contributed by atoms with van der Waals surface area (Å²) < 4.78 is 15.8. The molecule has 1 heterocycles. The molecule has 0 saturated carbocycles. The molecule has 7 heteroatoms. The highest BCUT2D eigenvalue weighted by atomic mass is 35.5. The molecule has 1 aromatic heterocycles. The lowest BCUT2D eigenvalue weighted by Crippen LogP contribution is -2.07. The Balaban J connectivity index is 2.10. The van der Waals surface area contributed by atoms with Gasteiger partial charge in [0.05, 0.1) is 10.6 Å². The maximum atomic E-state index is 12.9. The first-order valence-electron chi connectivity index (χ1n) is 7.14. The fraction of sp³-hybridized carbons (Fsp3) is 0.118. The number of halogens is 1. The highest BCUT2D eigenvalue weighted by Crippen LogP contribution is 2.35. The molecule has 3 rings (SSSR count). The third-order valence-corrected chi connectivity index (χ3v) is 5.60. The summed E-state index contributed by atoms with van der Waals surface area (Å²) in [5.74, 6) is -0.0169. The van der Waals surface area contributed by atoms with Gasteiger partial charge in [0.2, 0.25) is 0 Å². The summed E-state index contributed by atoms with van der Waals surface area (Å²) >= 11 is 10.4. The van der Waals surface area contributed by atoms with Crippen LogP contribution < -0.4 is 4.72 Å². The fourth-order valence-electron chi connectivity index (χ4n) is 2.35. The van der Waals surface area contributed by atoms with Crippen molar-refractivity contribution in [3.63, 3.8) is 0 Å². The summed E-state index contributed by atoms with van der Waals surface area (Å²) in [6.45, 7) is 3.68. The van der Waals surface area contributed by atoms with Gasteiger partial charge in [-0.3, -0.25) is 0 Å². The van der Waals surface area contributed by atoms with Gasteiger partial charge in [0.15, 0.2) is 16.7 Å². The van der Waals surface area contributed by atoms with Crippen molar-refractivity contribution in [2.24, 2.45) is 0 Å². The summed E-state index contributed by atoms with van der Waals surface area (Å²) in [5, 5.41) is 11.4. The Labute approximate surface area is 152 Å². The largest absolute Gasteiger partial charge is 0.505 e. The van der Waals surface area contributed by atoms with E-state index in [1.807, 2.05) is 26.0 Å². The van der Waals surface area contributed by atoms with E-state index in [1.165, 1.54) is 0 Å². The quantitative estimate of drug-likeness (QED) is 0.582. The lowest BCUT2D eigenvalue weighted by Gasteiger charge is -2.13. The smallest absolute Gasteiger partial charge is 0.155 e. The summed E-state index contributed by atoms with van der Waals surface area (Å²) in [6, 6.07) is 10.6. The Kier molecular flexibility index (Phi) is 4.71. The zero-order valence-corrected chi connectivity index (χ0v) is 15.5. The number of aromatic nitrogens is 1. The van der Waals surface area contributed by atoms with Gasteiger partial charge in [-0.25, -0.2) is 9.19 Å². The van der Waals surface area contributed by atoms with Crippen LogP contribution in [0.3, 0.4) is 0 Å². The molecule has 0 radical (unpaired) electrons. The Morgan fingerprint density at radius 1 is 1.25 bits per heavy atom. The van der Waals surface area contributed by atoms with Crippen LogP contribution in [-0.2, 0) is 11.0 Å². The van der Waals surface area contributed by atoms with Crippen LogP contribution in [0.2, 0.25) is 5.02 Å². The molecule has 4 nitrogen and oxygen atoms in total. The van der Waals surface area contributed by atoms with E-state index in [-0.39, 0.29) is 5.75 Å². The number of benzene rings is 2. The molecule has 2 aromatic carbocycles. The lowest BCUT2D eigenvalue weighted by molar-refractivity contribution is 0.467. The average Bonchev–Trinajstić information content (AvgIpc) is 2.55. The molecule has 0 aliphatic rings. The first-order valence-corrected chi connectivity index (χ1v) is 9.12. The van der Waals surface area contributed by atoms with Crippen molar-refractivity contribution < 1.29 is 9.32 Å². The first kappa shape index (κ1) is 17.1. The molecule has 0 saturated heterocycles. The molecule has 1 atom stereocenters. The SMILES string of the molecule is Cc1ccc2c(S(=O)Nc3cccc(Cl)c3C)cc(S)c(O)c2n1. The zero-order chi connectivity index (χ0) is 17.4. The van der Waals surface area contributed by atoms with Crippen molar-refractivity contribution in [2.45, 2.75) is 23.6 Å². The molecule has 2 N–H and O–H groups in total. The average molecular weight is 379 g/mol. The van der Waals surface area contributed by atoms with Crippen LogP contribution in [0.15, 0.2) is 46.2 Å². The number of rotatable bonds is 3. The standard InChI is InChI=1S/C17H15ClN2O2S2/c1-9-6-7-11-15(8-14(23)17(21)16(11)19-9)24(22)20-13-5-3-4-12(18)10(13)2/h3-8,20-21,23H,1-2H3. The summed E-state index contributed by atoms with van der Waals surface area (Å²) in [7, 11) is -1.56. The number of fused-ring (bicyclic) bond motifs is 1. The van der Waals surface area contributed by atoms with Gasteiger partial charge < -0.3 is 9.83 Å². The number of aryl methyl sites for hydroxylation is 1. The van der Waals surface area contributed by atoms with Crippen molar-refractivity contribution >= 4 is 51.8 Å². The summed E-state index contributed by atoms with van der Waals surface area (Å²) in [5.41, 5.74) is 2.64. The van der Waals surface area contributed by atoms with Gasteiger partial charge in [-0.1, -0.05) is 17.7 Å². The number of phenolic OH excluding ortho intramolecular Hbond substituents is 1. The molecule has 0 bridgehead atoms. The minimum absolute atomic E-state index is 0.0169. The van der Waals surface area contributed by atoms with Crippen molar-refractivity contribution in [1.82, 2.24) is 4.98 Å². The number of anilines is 1. The lowest BCUT2D eigenvalue weighted by atomic mass is 10.2. The number of nitrogens with one attached hydrogen (secondary N) is 1. The first-order chi connectivity index (χ1) is 11.4. The van der Waals surface area contributed by atoms with E-state index in [0.29, 0.717) is 31.4 Å². The fourth-order valence-corrected chi connectivity index (χ4v) is 3.97. The number of nitrogens with zero attached hydrogens (tertiary/aromatic N) is 1. The van der Waals surface area contributed by atoms with Crippen LogP contribution >= 0.6 is 24.2 Å². The van der Waals surface area contributed by atoms with Gasteiger partial charge in [-0.05, 0) is 49.7 Å². The van der Waals surface area contributed by atoms with Crippen LogP contribution in [0.1, 0.15) is 11.3 Å². The second kappa shape index (κ2) is 6.63. The molecule has 1 unspecified atom stereocenters. The normalized spacial score (nSPS) is 12.3. The monoisotopic (exact) mass is 378 g/mol.